The monoisotopic (exact) mass is 218 g/mol. The Balaban J connectivity index is 2.47. The molecule has 0 bridgehead atoms. The van der Waals surface area contributed by atoms with E-state index in [1.165, 1.54) is 0 Å². The maximum Gasteiger partial charge on any atom is 0.399 e. The van der Waals surface area contributed by atoms with E-state index in [2.05, 4.69) is 11.3 Å². The summed E-state index contributed by atoms with van der Waals surface area (Å²) in [5.74, 6) is 0. The lowest BCUT2D eigenvalue weighted by Crippen LogP contribution is -2.34. The number of nitrogens with two attached hydrogens (primary N) is 1. The Bertz CT molecular complexity index is 406. The van der Waals surface area contributed by atoms with Gasteiger partial charge in [0.1, 0.15) is 11.6 Å². The molecule has 4 nitrogen and oxygen atoms in total. The van der Waals surface area contributed by atoms with E-state index < -0.39 is 17.6 Å². The second-order valence-corrected chi connectivity index (χ2v) is 3.49. The summed E-state index contributed by atoms with van der Waals surface area (Å²) < 4.78 is 38.6. The molecule has 1 aliphatic rings. The van der Waals surface area contributed by atoms with Crippen LogP contribution >= 0.6 is 0 Å². The van der Waals surface area contributed by atoms with Gasteiger partial charge in [0.15, 0.2) is 0 Å². The molecule has 2 rings (SSSR count). The molecule has 81 valence electrons. The lowest BCUT2D eigenvalue weighted by molar-refractivity contribution is -0.161. The topological polar surface area (TPSA) is 60.9 Å². The van der Waals surface area contributed by atoms with Crippen molar-refractivity contribution in [3.8, 4) is 0 Å². The first-order valence-electron chi connectivity index (χ1n) is 4.22. The van der Waals surface area contributed by atoms with E-state index in [0.717, 1.165) is 6.07 Å². The van der Waals surface area contributed by atoms with Crippen molar-refractivity contribution in [2.45, 2.75) is 24.4 Å². The fraction of sp³-hybridized carbons (Fsp3) is 0.500. The number of nitrogens with zero attached hydrogens (tertiary/aromatic N) is 2. The van der Waals surface area contributed by atoms with Gasteiger partial charge in [0.2, 0.25) is 0 Å². The molecule has 0 spiro atoms. The van der Waals surface area contributed by atoms with Crippen molar-refractivity contribution in [2.24, 2.45) is 5.73 Å². The van der Waals surface area contributed by atoms with Crippen LogP contribution in [0.25, 0.3) is 0 Å². The number of aromatic nitrogens is 2. The molecule has 0 aromatic carbocycles. The molecule has 1 radical (unpaired) electrons. The van der Waals surface area contributed by atoms with Crippen molar-refractivity contribution in [2.75, 3.05) is 0 Å². The number of carbonyl (C=O) groups excluding carboxylic acids is 1. The second-order valence-electron chi connectivity index (χ2n) is 3.49. The van der Waals surface area contributed by atoms with Gasteiger partial charge >= 0.3 is 12.2 Å². The largest absolute Gasteiger partial charge is 0.399 e. The molecule has 0 aliphatic heterocycles. The average molecular weight is 218 g/mol. The third-order valence-corrected chi connectivity index (χ3v) is 2.58. The lowest BCUT2D eigenvalue weighted by atomic mass is 10.0. The van der Waals surface area contributed by atoms with E-state index in [-0.39, 0.29) is 18.5 Å². The number of rotatable bonds is 1. The van der Waals surface area contributed by atoms with E-state index in [4.69, 9.17) is 5.73 Å². The minimum absolute atomic E-state index is 0.0384. The molecule has 1 aromatic rings. The Morgan fingerprint density at radius 2 is 2.20 bits per heavy atom. The zero-order chi connectivity index (χ0) is 11.3. The van der Waals surface area contributed by atoms with Gasteiger partial charge in [0.25, 0.3) is 0 Å². The molecule has 0 unspecified atom stereocenters. The molecule has 0 atom stereocenters. The number of halogens is 3. The van der Waals surface area contributed by atoms with Gasteiger partial charge < -0.3 is 5.73 Å². The maximum absolute atomic E-state index is 12.7. The van der Waals surface area contributed by atoms with Crippen molar-refractivity contribution in [3.63, 3.8) is 0 Å². The van der Waals surface area contributed by atoms with Crippen molar-refractivity contribution in [1.82, 2.24) is 9.78 Å². The molecule has 1 amide bonds. The smallest absolute Gasteiger partial charge is 0.350 e. The highest BCUT2D eigenvalue weighted by atomic mass is 19.4. The zero-order valence-electron chi connectivity index (χ0n) is 7.51. The SMILES string of the molecule is NC(=O)n1n[c]cc1C1(C(F)(F)F)CC1. The highest BCUT2D eigenvalue weighted by Crippen LogP contribution is 2.58. The van der Waals surface area contributed by atoms with Crippen LogP contribution in [0.5, 0.6) is 0 Å². The summed E-state index contributed by atoms with van der Waals surface area (Å²) in [6, 6.07) is 0.0346. The zero-order valence-corrected chi connectivity index (χ0v) is 7.51. The molecule has 0 saturated heterocycles. The van der Waals surface area contributed by atoms with Crippen LogP contribution in [-0.2, 0) is 5.41 Å². The van der Waals surface area contributed by atoms with Crippen molar-refractivity contribution in [1.29, 1.82) is 0 Å². The first-order valence-corrected chi connectivity index (χ1v) is 4.22. The number of amides is 1. The van der Waals surface area contributed by atoms with Crippen LogP contribution in [0.2, 0.25) is 0 Å². The molecular formula is C8H7F3N3O. The molecule has 1 fully saturated rings. The predicted molar refractivity (Wildman–Crippen MR) is 43.0 cm³/mol. The third-order valence-electron chi connectivity index (χ3n) is 2.58. The van der Waals surface area contributed by atoms with E-state index in [0.29, 0.717) is 4.68 Å². The first kappa shape index (κ1) is 10.0. The minimum Gasteiger partial charge on any atom is -0.350 e. The van der Waals surface area contributed by atoms with Gasteiger partial charge in [-0.2, -0.15) is 23.0 Å². The average Bonchev–Trinajstić information content (AvgIpc) is 2.76. The van der Waals surface area contributed by atoms with E-state index in [1.807, 2.05) is 0 Å². The van der Waals surface area contributed by atoms with Gasteiger partial charge in [-0.15, -0.1) is 0 Å². The van der Waals surface area contributed by atoms with E-state index in [9.17, 15) is 18.0 Å². The molecule has 7 heteroatoms. The number of carbonyl (C=O) groups is 1. The maximum atomic E-state index is 12.7. The summed E-state index contributed by atoms with van der Waals surface area (Å²) >= 11 is 0. The molecule has 2 N–H and O–H groups in total. The van der Waals surface area contributed by atoms with Crippen LogP contribution in [0.4, 0.5) is 18.0 Å². The third kappa shape index (κ3) is 1.30. The van der Waals surface area contributed by atoms with Crippen LogP contribution in [-0.4, -0.2) is 22.0 Å². The predicted octanol–water partition coefficient (Wildman–Crippen LogP) is 1.20. The molecular weight excluding hydrogens is 211 g/mol. The Kier molecular flexibility index (Phi) is 1.83. The van der Waals surface area contributed by atoms with Crippen LogP contribution in [0.15, 0.2) is 6.07 Å². The molecule has 1 aromatic heterocycles. The highest BCUT2D eigenvalue weighted by Gasteiger charge is 2.66. The first-order chi connectivity index (χ1) is 6.88. The molecule has 1 heterocycles. The summed E-state index contributed by atoms with van der Waals surface area (Å²) in [6.07, 6.45) is -2.25. The Morgan fingerprint density at radius 3 is 2.60 bits per heavy atom. The van der Waals surface area contributed by atoms with Gasteiger partial charge in [-0.1, -0.05) is 0 Å². The molecule has 1 aliphatic carbocycles. The Morgan fingerprint density at radius 1 is 1.60 bits per heavy atom. The fourth-order valence-corrected chi connectivity index (χ4v) is 1.58. The van der Waals surface area contributed by atoms with Gasteiger partial charge in [-0.3, -0.25) is 0 Å². The van der Waals surface area contributed by atoms with Crippen LogP contribution in [0, 0.1) is 6.20 Å². The Labute approximate surface area is 82.9 Å². The Hall–Kier alpha value is -1.53. The van der Waals surface area contributed by atoms with Crippen molar-refractivity contribution < 1.29 is 18.0 Å². The van der Waals surface area contributed by atoms with Crippen molar-refractivity contribution >= 4 is 6.03 Å². The lowest BCUT2D eigenvalue weighted by Gasteiger charge is -2.19. The number of hydrogen-bond donors (Lipinski definition) is 1. The van der Waals surface area contributed by atoms with Crippen LogP contribution in [0.3, 0.4) is 0 Å². The van der Waals surface area contributed by atoms with Crippen LogP contribution in [0.1, 0.15) is 18.5 Å². The standard InChI is InChI=1S/C8H7F3N3O/c9-8(10,11)7(2-3-7)5-1-4-13-14(5)6(12)15/h1H,2-3H2,(H2,12,15). The number of hydrogen-bond acceptors (Lipinski definition) is 2. The number of primary amides is 1. The molecule has 1 saturated carbocycles. The number of alkyl halides is 3. The summed E-state index contributed by atoms with van der Waals surface area (Å²) in [6.45, 7) is 0. The van der Waals surface area contributed by atoms with E-state index >= 15 is 0 Å². The highest BCUT2D eigenvalue weighted by molar-refractivity contribution is 5.74. The summed E-state index contributed by atoms with van der Waals surface area (Å²) in [7, 11) is 0. The quantitative estimate of drug-likeness (QED) is 0.769. The summed E-state index contributed by atoms with van der Waals surface area (Å²) in [4.78, 5) is 10.8. The normalized spacial score (nSPS) is 18.9. The van der Waals surface area contributed by atoms with E-state index in [1.54, 1.807) is 0 Å². The van der Waals surface area contributed by atoms with Gasteiger partial charge in [-0.25, -0.2) is 4.79 Å². The van der Waals surface area contributed by atoms with Crippen LogP contribution < -0.4 is 5.73 Å². The summed E-state index contributed by atoms with van der Waals surface area (Å²) in [5.41, 5.74) is 2.73. The van der Waals surface area contributed by atoms with Gasteiger partial charge in [-0.05, 0) is 18.9 Å². The molecule has 15 heavy (non-hydrogen) atoms. The summed E-state index contributed by atoms with van der Waals surface area (Å²) in [5, 5.41) is 3.35. The fourth-order valence-electron chi connectivity index (χ4n) is 1.58. The second kappa shape index (κ2) is 2.74. The van der Waals surface area contributed by atoms with Gasteiger partial charge in [0, 0.05) is 0 Å². The van der Waals surface area contributed by atoms with Crippen molar-refractivity contribution in [3.05, 3.63) is 18.0 Å². The minimum atomic E-state index is -4.38. The van der Waals surface area contributed by atoms with Gasteiger partial charge in [0.05, 0.1) is 5.69 Å².